The van der Waals surface area contributed by atoms with E-state index < -0.39 is 0 Å². The number of benzene rings is 1. The van der Waals surface area contributed by atoms with E-state index in [1.807, 2.05) is 12.1 Å². The lowest BCUT2D eigenvalue weighted by molar-refractivity contribution is 0.411. The van der Waals surface area contributed by atoms with E-state index in [-0.39, 0.29) is 0 Å². The van der Waals surface area contributed by atoms with Crippen LogP contribution in [0.3, 0.4) is 0 Å². The van der Waals surface area contributed by atoms with Crippen molar-refractivity contribution >= 4 is 38.5 Å². The number of hydrogen-bond donors (Lipinski definition) is 0. The number of rotatable bonds is 2. The van der Waals surface area contributed by atoms with Gasteiger partial charge < -0.3 is 4.74 Å². The summed E-state index contributed by atoms with van der Waals surface area (Å²) in [6, 6.07) is 5.93. The van der Waals surface area contributed by atoms with E-state index in [1.54, 1.807) is 7.11 Å². The molecule has 0 saturated carbocycles. The second-order valence-corrected chi connectivity index (χ2v) is 4.36. The fraction of sp³-hybridized carbons (Fsp3) is 0.222. The Morgan fingerprint density at radius 2 is 2.31 bits per heavy atom. The third-order valence-electron chi connectivity index (χ3n) is 1.56. The highest BCUT2D eigenvalue weighted by Gasteiger charge is 2.06. The lowest BCUT2D eigenvalue weighted by atomic mass is 10.1. The standard InChI is InChI=1S/C9H7BrINO/c1-13-8-5-6(2-3-12)4-7(10)9(8)11/h4-5H,2H2,1H3. The van der Waals surface area contributed by atoms with Crippen molar-refractivity contribution in [3.63, 3.8) is 0 Å². The van der Waals surface area contributed by atoms with Crippen molar-refractivity contribution in [1.82, 2.24) is 0 Å². The molecular formula is C9H7BrINO. The zero-order valence-electron chi connectivity index (χ0n) is 6.97. The molecule has 0 fully saturated rings. The average Bonchev–Trinajstić information content (AvgIpc) is 2.11. The first-order valence-electron chi connectivity index (χ1n) is 3.58. The lowest BCUT2D eigenvalue weighted by Gasteiger charge is -2.06. The van der Waals surface area contributed by atoms with E-state index in [2.05, 4.69) is 44.6 Å². The lowest BCUT2D eigenvalue weighted by Crippen LogP contribution is -1.91. The quantitative estimate of drug-likeness (QED) is 0.767. The van der Waals surface area contributed by atoms with Gasteiger partial charge in [0, 0.05) is 4.47 Å². The number of methoxy groups -OCH3 is 1. The first kappa shape index (κ1) is 10.8. The van der Waals surface area contributed by atoms with Gasteiger partial charge in [0.15, 0.2) is 0 Å². The summed E-state index contributed by atoms with van der Waals surface area (Å²) in [7, 11) is 1.63. The highest BCUT2D eigenvalue weighted by atomic mass is 127. The van der Waals surface area contributed by atoms with Gasteiger partial charge in [-0.25, -0.2) is 0 Å². The van der Waals surface area contributed by atoms with Crippen molar-refractivity contribution in [3.8, 4) is 11.8 Å². The van der Waals surface area contributed by atoms with Crippen LogP contribution in [-0.2, 0) is 6.42 Å². The fourth-order valence-corrected chi connectivity index (χ4v) is 1.98. The normalized spacial score (nSPS) is 9.38. The largest absolute Gasteiger partial charge is 0.496 e. The third-order valence-corrected chi connectivity index (χ3v) is 4.04. The van der Waals surface area contributed by atoms with Crippen LogP contribution < -0.4 is 4.74 Å². The second-order valence-electron chi connectivity index (χ2n) is 2.43. The van der Waals surface area contributed by atoms with Gasteiger partial charge in [-0.1, -0.05) is 0 Å². The van der Waals surface area contributed by atoms with Gasteiger partial charge in [-0.05, 0) is 56.2 Å². The van der Waals surface area contributed by atoms with Crippen LogP contribution in [0.2, 0.25) is 0 Å². The molecule has 0 N–H and O–H groups in total. The Morgan fingerprint density at radius 3 is 2.85 bits per heavy atom. The Kier molecular flexibility index (Phi) is 4.00. The van der Waals surface area contributed by atoms with E-state index in [0.717, 1.165) is 19.4 Å². The minimum Gasteiger partial charge on any atom is -0.496 e. The Balaban J connectivity index is 3.16. The van der Waals surface area contributed by atoms with Crippen LogP contribution in [0.4, 0.5) is 0 Å². The molecule has 0 aliphatic rings. The molecule has 0 radical (unpaired) electrons. The van der Waals surface area contributed by atoms with Gasteiger partial charge in [-0.2, -0.15) is 5.26 Å². The van der Waals surface area contributed by atoms with E-state index in [4.69, 9.17) is 10.00 Å². The van der Waals surface area contributed by atoms with Crippen LogP contribution in [-0.4, -0.2) is 7.11 Å². The maximum Gasteiger partial charge on any atom is 0.133 e. The smallest absolute Gasteiger partial charge is 0.133 e. The molecule has 0 aliphatic carbocycles. The van der Waals surface area contributed by atoms with Gasteiger partial charge in [0.2, 0.25) is 0 Å². The van der Waals surface area contributed by atoms with Crippen molar-refractivity contribution in [2.24, 2.45) is 0 Å². The zero-order valence-corrected chi connectivity index (χ0v) is 10.7. The maximum atomic E-state index is 8.54. The average molecular weight is 352 g/mol. The zero-order chi connectivity index (χ0) is 9.84. The molecule has 0 heterocycles. The van der Waals surface area contributed by atoms with Gasteiger partial charge in [0.05, 0.1) is 23.2 Å². The first-order valence-corrected chi connectivity index (χ1v) is 5.45. The molecule has 0 saturated heterocycles. The molecule has 0 aromatic heterocycles. The second kappa shape index (κ2) is 4.82. The van der Waals surface area contributed by atoms with Crippen LogP contribution in [0.5, 0.6) is 5.75 Å². The molecule has 0 unspecified atom stereocenters. The third kappa shape index (κ3) is 2.58. The van der Waals surface area contributed by atoms with Crippen LogP contribution in [0.1, 0.15) is 5.56 Å². The Hall–Kier alpha value is -0.280. The topological polar surface area (TPSA) is 33.0 Å². The number of nitrogens with zero attached hydrogens (tertiary/aromatic N) is 1. The van der Waals surface area contributed by atoms with Gasteiger partial charge in [0.25, 0.3) is 0 Å². The van der Waals surface area contributed by atoms with Crippen LogP contribution in [0.15, 0.2) is 16.6 Å². The number of halogens is 2. The summed E-state index contributed by atoms with van der Waals surface area (Å²) >= 11 is 5.61. The first-order chi connectivity index (χ1) is 6.19. The summed E-state index contributed by atoms with van der Waals surface area (Å²) in [5.74, 6) is 0.806. The summed E-state index contributed by atoms with van der Waals surface area (Å²) in [6.45, 7) is 0. The molecule has 4 heteroatoms. The predicted molar refractivity (Wildman–Crippen MR) is 62.7 cm³/mol. The summed E-state index contributed by atoms with van der Waals surface area (Å²) in [6.07, 6.45) is 0.409. The predicted octanol–water partition coefficient (Wildman–Crippen LogP) is 3.13. The van der Waals surface area contributed by atoms with Crippen molar-refractivity contribution in [3.05, 3.63) is 25.7 Å². The Morgan fingerprint density at radius 1 is 1.62 bits per heavy atom. The molecule has 0 amide bonds. The highest BCUT2D eigenvalue weighted by Crippen LogP contribution is 2.30. The van der Waals surface area contributed by atoms with E-state index >= 15 is 0 Å². The monoisotopic (exact) mass is 351 g/mol. The summed E-state index contributed by atoms with van der Waals surface area (Å²) in [4.78, 5) is 0. The van der Waals surface area contributed by atoms with Crippen LogP contribution in [0.25, 0.3) is 0 Å². The van der Waals surface area contributed by atoms with E-state index in [0.29, 0.717) is 6.42 Å². The van der Waals surface area contributed by atoms with Crippen molar-refractivity contribution < 1.29 is 4.74 Å². The highest BCUT2D eigenvalue weighted by molar-refractivity contribution is 14.1. The van der Waals surface area contributed by atoms with Gasteiger partial charge in [0.1, 0.15) is 5.75 Å². The van der Waals surface area contributed by atoms with E-state index in [1.165, 1.54) is 0 Å². The molecule has 13 heavy (non-hydrogen) atoms. The molecule has 0 aliphatic heterocycles. The van der Waals surface area contributed by atoms with Crippen molar-refractivity contribution in [2.45, 2.75) is 6.42 Å². The summed E-state index contributed by atoms with van der Waals surface area (Å²) in [5.41, 5.74) is 0.964. The van der Waals surface area contributed by atoms with Crippen LogP contribution in [0, 0.1) is 14.9 Å². The molecule has 0 spiro atoms. The minimum atomic E-state index is 0.409. The summed E-state index contributed by atoms with van der Waals surface area (Å²) < 4.78 is 7.17. The van der Waals surface area contributed by atoms with Gasteiger partial charge in [-0.3, -0.25) is 0 Å². The van der Waals surface area contributed by atoms with Gasteiger partial charge >= 0.3 is 0 Å². The molecule has 1 aromatic rings. The number of ether oxygens (including phenoxy) is 1. The molecule has 1 rings (SSSR count). The Bertz CT molecular complexity index is 359. The SMILES string of the molecule is COc1cc(CC#N)cc(Br)c1I. The molecule has 1 aromatic carbocycles. The maximum absolute atomic E-state index is 8.54. The number of hydrogen-bond acceptors (Lipinski definition) is 2. The molecule has 0 atom stereocenters. The molecular weight excluding hydrogens is 345 g/mol. The molecule has 0 bridgehead atoms. The summed E-state index contributed by atoms with van der Waals surface area (Å²) in [5, 5.41) is 8.54. The van der Waals surface area contributed by atoms with E-state index in [9.17, 15) is 0 Å². The fourth-order valence-electron chi connectivity index (χ4n) is 0.959. The van der Waals surface area contributed by atoms with Crippen LogP contribution >= 0.6 is 38.5 Å². The van der Waals surface area contributed by atoms with Gasteiger partial charge in [-0.15, -0.1) is 0 Å². The molecule has 68 valence electrons. The van der Waals surface area contributed by atoms with Crippen molar-refractivity contribution in [1.29, 1.82) is 5.26 Å². The number of nitriles is 1. The van der Waals surface area contributed by atoms with Crippen molar-refractivity contribution in [2.75, 3.05) is 7.11 Å². The molecule has 2 nitrogen and oxygen atoms in total. The Labute approximate surface area is 99.2 Å². The minimum absolute atomic E-state index is 0.409.